The molecular formula is C36H46N4O5S. The number of thioether (sulfide) groups is 1. The Balaban J connectivity index is 1.57. The van der Waals surface area contributed by atoms with E-state index in [2.05, 4.69) is 57.2 Å². The van der Waals surface area contributed by atoms with Crippen molar-refractivity contribution in [2.24, 2.45) is 0 Å². The summed E-state index contributed by atoms with van der Waals surface area (Å²) in [5.41, 5.74) is 2.33. The van der Waals surface area contributed by atoms with Gasteiger partial charge in [-0.1, -0.05) is 91.0 Å². The molecule has 0 saturated carbocycles. The first-order valence-electron chi connectivity index (χ1n) is 15.8. The summed E-state index contributed by atoms with van der Waals surface area (Å²) in [7, 11) is 0. The van der Waals surface area contributed by atoms with Gasteiger partial charge in [-0.25, -0.2) is 4.79 Å². The normalized spacial score (nSPS) is 15.3. The summed E-state index contributed by atoms with van der Waals surface area (Å²) in [5.74, 6) is -0.579. The number of carbonyl (C=O) groups is 3. The zero-order chi connectivity index (χ0) is 33.0. The molecule has 0 unspecified atom stereocenters. The topological polar surface area (TPSA) is 109 Å². The number of morpholine rings is 1. The van der Waals surface area contributed by atoms with Crippen LogP contribution in [0.4, 0.5) is 4.79 Å². The highest BCUT2D eigenvalue weighted by Gasteiger charge is 2.39. The van der Waals surface area contributed by atoms with Gasteiger partial charge in [-0.3, -0.25) is 14.5 Å². The number of benzene rings is 3. The summed E-state index contributed by atoms with van der Waals surface area (Å²) in [6, 6.07) is 28.6. The van der Waals surface area contributed by atoms with Gasteiger partial charge >= 0.3 is 6.09 Å². The van der Waals surface area contributed by atoms with Crippen molar-refractivity contribution in [1.82, 2.24) is 20.9 Å². The van der Waals surface area contributed by atoms with Crippen LogP contribution in [0.3, 0.4) is 0 Å². The summed E-state index contributed by atoms with van der Waals surface area (Å²) in [4.78, 5) is 42.0. The molecule has 1 aliphatic heterocycles. The first kappa shape index (κ1) is 35.0. The van der Waals surface area contributed by atoms with Crippen molar-refractivity contribution in [3.05, 3.63) is 108 Å². The lowest BCUT2D eigenvalue weighted by molar-refractivity contribution is -0.129. The highest BCUT2D eigenvalue weighted by Crippen LogP contribution is 2.48. The Morgan fingerprint density at radius 1 is 0.804 bits per heavy atom. The average molecular weight is 647 g/mol. The van der Waals surface area contributed by atoms with Crippen LogP contribution in [0.5, 0.6) is 0 Å². The number of ether oxygens (including phenoxy) is 2. The van der Waals surface area contributed by atoms with Gasteiger partial charge < -0.3 is 25.4 Å². The summed E-state index contributed by atoms with van der Waals surface area (Å²) < 4.78 is 10.2. The third-order valence-corrected chi connectivity index (χ3v) is 9.24. The fraction of sp³-hybridized carbons (Fsp3) is 0.417. The Bertz CT molecular complexity index is 1300. The predicted molar refractivity (Wildman–Crippen MR) is 183 cm³/mol. The number of alkyl carbamates (subject to hydrolysis) is 1. The van der Waals surface area contributed by atoms with E-state index in [-0.39, 0.29) is 11.7 Å². The van der Waals surface area contributed by atoms with E-state index in [1.807, 2.05) is 54.6 Å². The van der Waals surface area contributed by atoms with Crippen LogP contribution in [0.15, 0.2) is 91.0 Å². The molecule has 0 aliphatic carbocycles. The SMILES string of the molecule is C[C@H](NC(=O)[C@H](CSC(c1ccccc1)(c1ccccc1)c1ccccc1)NC(=O)OC(C)(C)C)C(=O)NCCN1CCOCC1. The number of amides is 3. The lowest BCUT2D eigenvalue weighted by Crippen LogP contribution is -2.55. The molecule has 0 bridgehead atoms. The van der Waals surface area contributed by atoms with Crippen molar-refractivity contribution in [2.75, 3.05) is 45.1 Å². The van der Waals surface area contributed by atoms with Crippen molar-refractivity contribution in [3.8, 4) is 0 Å². The zero-order valence-electron chi connectivity index (χ0n) is 27.2. The minimum atomic E-state index is -1.00. The molecule has 4 rings (SSSR count). The Hall–Kier alpha value is -3.86. The smallest absolute Gasteiger partial charge is 0.408 e. The maximum Gasteiger partial charge on any atom is 0.408 e. The van der Waals surface area contributed by atoms with Gasteiger partial charge in [0, 0.05) is 31.9 Å². The Morgan fingerprint density at radius 3 is 1.78 bits per heavy atom. The second kappa shape index (κ2) is 16.6. The molecule has 3 amide bonds. The molecule has 1 saturated heterocycles. The lowest BCUT2D eigenvalue weighted by Gasteiger charge is -2.36. The van der Waals surface area contributed by atoms with Crippen LogP contribution in [0.25, 0.3) is 0 Å². The van der Waals surface area contributed by atoms with E-state index >= 15 is 0 Å². The first-order valence-corrected chi connectivity index (χ1v) is 16.8. The van der Waals surface area contributed by atoms with E-state index in [0.717, 1.165) is 29.8 Å². The van der Waals surface area contributed by atoms with Crippen LogP contribution in [-0.4, -0.2) is 85.6 Å². The maximum atomic E-state index is 13.8. The van der Waals surface area contributed by atoms with Gasteiger partial charge in [-0.15, -0.1) is 11.8 Å². The van der Waals surface area contributed by atoms with E-state index in [1.165, 1.54) is 0 Å². The van der Waals surface area contributed by atoms with Gasteiger partial charge in [0.2, 0.25) is 11.8 Å². The molecule has 0 spiro atoms. The number of nitrogens with one attached hydrogen (secondary N) is 3. The van der Waals surface area contributed by atoms with Gasteiger partial charge in [-0.05, 0) is 44.4 Å². The molecule has 10 heteroatoms. The number of carbonyl (C=O) groups excluding carboxylic acids is 3. The van der Waals surface area contributed by atoms with Crippen LogP contribution < -0.4 is 16.0 Å². The number of nitrogens with zero attached hydrogens (tertiary/aromatic N) is 1. The van der Waals surface area contributed by atoms with Crippen LogP contribution >= 0.6 is 11.8 Å². The van der Waals surface area contributed by atoms with Crippen LogP contribution in [0.1, 0.15) is 44.4 Å². The molecule has 9 nitrogen and oxygen atoms in total. The van der Waals surface area contributed by atoms with Gasteiger partial charge in [0.05, 0.1) is 18.0 Å². The summed E-state index contributed by atoms with van der Waals surface area (Å²) in [6.07, 6.45) is -0.708. The second-order valence-corrected chi connectivity index (χ2v) is 13.5. The van der Waals surface area contributed by atoms with Crippen LogP contribution in [-0.2, 0) is 23.8 Å². The monoisotopic (exact) mass is 646 g/mol. The summed E-state index contributed by atoms with van der Waals surface area (Å²) >= 11 is 1.54. The molecule has 1 fully saturated rings. The molecule has 3 N–H and O–H groups in total. The van der Waals surface area contributed by atoms with Gasteiger partial charge in [-0.2, -0.15) is 0 Å². The highest BCUT2D eigenvalue weighted by atomic mass is 32.2. The lowest BCUT2D eigenvalue weighted by atomic mass is 9.84. The third kappa shape index (κ3) is 9.82. The second-order valence-electron chi connectivity index (χ2n) is 12.3. The van der Waals surface area contributed by atoms with Gasteiger partial charge in [0.25, 0.3) is 0 Å². The summed E-state index contributed by atoms with van der Waals surface area (Å²) in [5, 5.41) is 8.52. The molecule has 2 atom stereocenters. The fourth-order valence-corrected chi connectivity index (χ4v) is 6.86. The van der Waals surface area contributed by atoms with Crippen LogP contribution in [0.2, 0.25) is 0 Å². The molecule has 46 heavy (non-hydrogen) atoms. The summed E-state index contributed by atoms with van der Waals surface area (Å²) in [6.45, 7) is 11.1. The number of hydrogen-bond donors (Lipinski definition) is 3. The van der Waals surface area contributed by atoms with E-state index in [1.54, 1.807) is 39.5 Å². The van der Waals surface area contributed by atoms with Crippen molar-refractivity contribution >= 4 is 29.7 Å². The minimum absolute atomic E-state index is 0.190. The Morgan fingerprint density at radius 2 is 1.30 bits per heavy atom. The third-order valence-electron chi connectivity index (χ3n) is 7.60. The molecule has 1 aliphatic rings. The molecule has 3 aromatic rings. The predicted octanol–water partition coefficient (Wildman–Crippen LogP) is 4.56. The van der Waals surface area contributed by atoms with Gasteiger partial charge in [0.1, 0.15) is 17.7 Å². The molecular weight excluding hydrogens is 600 g/mol. The molecule has 3 aromatic carbocycles. The largest absolute Gasteiger partial charge is 0.444 e. The van der Waals surface area contributed by atoms with E-state index < -0.39 is 34.4 Å². The molecule has 0 aromatic heterocycles. The first-order chi connectivity index (χ1) is 22.1. The molecule has 1 heterocycles. The highest BCUT2D eigenvalue weighted by molar-refractivity contribution is 8.00. The van der Waals surface area contributed by atoms with Crippen molar-refractivity contribution in [1.29, 1.82) is 0 Å². The van der Waals surface area contributed by atoms with Crippen LogP contribution in [0, 0.1) is 0 Å². The molecule has 246 valence electrons. The van der Waals surface area contributed by atoms with E-state index in [4.69, 9.17) is 9.47 Å². The van der Waals surface area contributed by atoms with Crippen molar-refractivity contribution in [3.63, 3.8) is 0 Å². The quantitative estimate of drug-likeness (QED) is 0.234. The van der Waals surface area contributed by atoms with E-state index in [9.17, 15) is 14.4 Å². The average Bonchev–Trinajstić information content (AvgIpc) is 3.05. The van der Waals surface area contributed by atoms with E-state index in [0.29, 0.717) is 26.3 Å². The molecule has 0 radical (unpaired) electrons. The zero-order valence-corrected chi connectivity index (χ0v) is 28.0. The maximum absolute atomic E-state index is 13.8. The van der Waals surface area contributed by atoms with Gasteiger partial charge in [0.15, 0.2) is 0 Å². The Labute approximate surface area is 276 Å². The standard InChI is InChI=1S/C36H46N4O5S/c1-27(32(41)37-20-21-40-22-24-44-25-23-40)38-33(42)31(39-34(43)45-35(2,3)4)26-46-36(28-14-8-5-9-15-28,29-16-10-6-11-17-29)30-18-12-7-13-19-30/h5-19,27,31H,20-26H2,1-4H3,(H,37,41)(H,38,42)(H,39,43)/t27-,31-/m0/s1. The fourth-order valence-electron chi connectivity index (χ4n) is 5.30. The number of hydrogen-bond acceptors (Lipinski definition) is 7. The number of rotatable bonds is 13. The minimum Gasteiger partial charge on any atom is -0.444 e. The van der Waals surface area contributed by atoms with Crippen molar-refractivity contribution in [2.45, 2.75) is 50.1 Å². The Kier molecular flexibility index (Phi) is 12.7. The van der Waals surface area contributed by atoms with Crippen molar-refractivity contribution < 1.29 is 23.9 Å².